The van der Waals surface area contributed by atoms with E-state index in [2.05, 4.69) is 221 Å². The molecule has 1 aromatic heterocycles. The zero-order valence-corrected chi connectivity index (χ0v) is 40.6. The molecule has 3 heterocycles. The van der Waals surface area contributed by atoms with Crippen molar-refractivity contribution in [2.45, 2.75) is 124 Å². The minimum Gasteiger partial charge on any atom is -0.456 e. The minimum atomic E-state index is -0.188. The highest BCUT2D eigenvalue weighted by atomic mass is 16.3. The van der Waals surface area contributed by atoms with Crippen molar-refractivity contribution >= 4 is 79.2 Å². The molecular weight excluding hydrogens is 787 g/mol. The largest absolute Gasteiger partial charge is 0.456 e. The number of hydrogen-bond acceptors (Lipinski definition) is 3. The van der Waals surface area contributed by atoms with Crippen LogP contribution in [0.15, 0.2) is 126 Å². The first-order chi connectivity index (χ1) is 30.7. The van der Waals surface area contributed by atoms with Gasteiger partial charge in [0.1, 0.15) is 11.2 Å². The van der Waals surface area contributed by atoms with Crippen molar-refractivity contribution in [2.75, 3.05) is 9.80 Å². The Hall–Kier alpha value is -6.00. The Labute approximate surface area is 386 Å². The lowest BCUT2D eigenvalue weighted by atomic mass is 9.33. The normalized spacial score (nSPS) is 18.0. The summed E-state index contributed by atoms with van der Waals surface area (Å²) in [4.78, 5) is 5.28. The van der Waals surface area contributed by atoms with Crippen LogP contribution in [-0.2, 0) is 27.1 Å². The Bertz CT molecular complexity index is 3390. The van der Waals surface area contributed by atoms with E-state index in [0.717, 1.165) is 34.0 Å². The second-order valence-corrected chi connectivity index (χ2v) is 23.5. The van der Waals surface area contributed by atoms with Crippen LogP contribution in [0.4, 0.5) is 34.1 Å². The third-order valence-electron chi connectivity index (χ3n) is 16.4. The number of hydrogen-bond donors (Lipinski definition) is 0. The first-order valence-electron chi connectivity index (χ1n) is 23.9. The van der Waals surface area contributed by atoms with Gasteiger partial charge in [-0.2, -0.15) is 0 Å². The van der Waals surface area contributed by atoms with Gasteiger partial charge in [0, 0.05) is 44.7 Å². The van der Waals surface area contributed by atoms with Crippen LogP contribution in [0.25, 0.3) is 21.9 Å². The molecule has 12 rings (SSSR count). The standard InChI is InChI=1S/C61H61BN2O/c1-35-27-51-56-52(28-35)64(49-33-44-43(29-36(49)2)60(10,11)39-20-15-16-21-40(39)61(44,12)13)50-32-42-41(58(6,7)34-59(42,8)9)31-46(50)62(56)45-30-37(57(3,4)5)25-26-47(45)63(51)48-22-18-24-54-55(48)38-19-14-17-23-53(38)65-54/h14-33H,34H2,1-13H3. The molecule has 2 aliphatic heterocycles. The fourth-order valence-corrected chi connectivity index (χ4v) is 13.4. The number of benzene rings is 7. The molecular formula is C61H61BN2O. The van der Waals surface area contributed by atoms with E-state index >= 15 is 0 Å². The van der Waals surface area contributed by atoms with E-state index in [4.69, 9.17) is 4.42 Å². The number of rotatable bonds is 2. The van der Waals surface area contributed by atoms with E-state index in [-0.39, 0.29) is 33.8 Å². The molecule has 7 aromatic carbocycles. The van der Waals surface area contributed by atoms with Gasteiger partial charge in [-0.1, -0.05) is 149 Å². The molecule has 0 spiro atoms. The zero-order valence-electron chi connectivity index (χ0n) is 40.6. The summed E-state index contributed by atoms with van der Waals surface area (Å²) < 4.78 is 6.60. The molecule has 0 bridgehead atoms. The molecule has 324 valence electrons. The molecule has 65 heavy (non-hydrogen) atoms. The highest BCUT2D eigenvalue weighted by molar-refractivity contribution is 7.00. The smallest absolute Gasteiger partial charge is 0.252 e. The highest BCUT2D eigenvalue weighted by Gasteiger charge is 2.49. The summed E-state index contributed by atoms with van der Waals surface area (Å²) in [5.41, 5.74) is 25.6. The van der Waals surface area contributed by atoms with Gasteiger partial charge in [0.2, 0.25) is 0 Å². The average Bonchev–Trinajstić information content (AvgIpc) is 3.72. The molecule has 0 atom stereocenters. The van der Waals surface area contributed by atoms with Crippen LogP contribution >= 0.6 is 0 Å². The van der Waals surface area contributed by atoms with Gasteiger partial charge >= 0.3 is 0 Å². The zero-order chi connectivity index (χ0) is 45.5. The quantitative estimate of drug-likeness (QED) is 0.162. The fourth-order valence-electron chi connectivity index (χ4n) is 13.4. The van der Waals surface area contributed by atoms with Crippen LogP contribution < -0.4 is 26.2 Å². The predicted octanol–water partition coefficient (Wildman–Crippen LogP) is 14.5. The van der Waals surface area contributed by atoms with Crippen LogP contribution in [0, 0.1) is 13.8 Å². The number of furan rings is 1. The molecule has 0 fully saturated rings. The summed E-state index contributed by atoms with van der Waals surface area (Å²) in [6.45, 7) is 31.3. The summed E-state index contributed by atoms with van der Waals surface area (Å²) in [7, 11) is 0. The number of nitrogens with zero attached hydrogens (tertiary/aromatic N) is 2. The van der Waals surface area contributed by atoms with E-state index in [1.54, 1.807) is 0 Å². The average molecular weight is 849 g/mol. The maximum atomic E-state index is 6.60. The summed E-state index contributed by atoms with van der Waals surface area (Å²) in [6, 6.07) is 47.0. The van der Waals surface area contributed by atoms with Crippen LogP contribution in [0.1, 0.15) is 133 Å². The van der Waals surface area contributed by atoms with E-state index in [0.29, 0.717) is 0 Å². The van der Waals surface area contributed by atoms with Crippen molar-refractivity contribution in [3.05, 3.63) is 171 Å². The second kappa shape index (κ2) is 12.9. The molecule has 3 nitrogen and oxygen atoms in total. The Balaban J connectivity index is 1.21. The molecule has 4 aliphatic rings. The first-order valence-corrected chi connectivity index (χ1v) is 23.9. The molecule has 0 radical (unpaired) electrons. The van der Waals surface area contributed by atoms with Gasteiger partial charge in [0.05, 0.1) is 11.1 Å². The summed E-state index contributed by atoms with van der Waals surface area (Å²) >= 11 is 0. The van der Waals surface area contributed by atoms with Crippen molar-refractivity contribution in [1.29, 1.82) is 0 Å². The maximum absolute atomic E-state index is 6.60. The lowest BCUT2D eigenvalue weighted by Crippen LogP contribution is -2.62. The van der Waals surface area contributed by atoms with Crippen molar-refractivity contribution in [1.82, 2.24) is 0 Å². The van der Waals surface area contributed by atoms with Crippen LogP contribution in [0.5, 0.6) is 0 Å². The van der Waals surface area contributed by atoms with Gasteiger partial charge in [-0.05, 0) is 152 Å². The van der Waals surface area contributed by atoms with Crippen LogP contribution in [0.2, 0.25) is 0 Å². The van der Waals surface area contributed by atoms with Crippen molar-refractivity contribution < 1.29 is 4.42 Å². The molecule has 2 aliphatic carbocycles. The predicted molar refractivity (Wildman–Crippen MR) is 277 cm³/mol. The number of para-hydroxylation sites is 1. The summed E-state index contributed by atoms with van der Waals surface area (Å²) in [6.07, 6.45) is 1.11. The Morgan fingerprint density at radius 3 is 1.74 bits per heavy atom. The summed E-state index contributed by atoms with van der Waals surface area (Å²) in [5.74, 6) is 0. The minimum absolute atomic E-state index is 0.0192. The lowest BCUT2D eigenvalue weighted by molar-refractivity contribution is 0.403. The van der Waals surface area contributed by atoms with Crippen molar-refractivity contribution in [2.24, 2.45) is 0 Å². The molecule has 0 amide bonds. The number of anilines is 6. The molecule has 4 heteroatoms. The highest BCUT2D eigenvalue weighted by Crippen LogP contribution is 2.56. The van der Waals surface area contributed by atoms with E-state index in [1.807, 2.05) is 0 Å². The van der Waals surface area contributed by atoms with Gasteiger partial charge in [-0.3, -0.25) is 0 Å². The fraction of sp³-hybridized carbons (Fsp3) is 0.311. The van der Waals surface area contributed by atoms with E-state index < -0.39 is 0 Å². The lowest BCUT2D eigenvalue weighted by Gasteiger charge is -2.47. The van der Waals surface area contributed by atoms with Gasteiger partial charge in [0.15, 0.2) is 0 Å². The van der Waals surface area contributed by atoms with E-state index in [1.165, 1.54) is 94.9 Å². The summed E-state index contributed by atoms with van der Waals surface area (Å²) in [5, 5.41) is 2.28. The third-order valence-corrected chi connectivity index (χ3v) is 16.4. The number of aryl methyl sites for hydroxylation is 2. The topological polar surface area (TPSA) is 19.6 Å². The van der Waals surface area contributed by atoms with Gasteiger partial charge < -0.3 is 14.2 Å². The number of fused-ring (bicyclic) bond motifs is 10. The maximum Gasteiger partial charge on any atom is 0.252 e. The Kier molecular flexibility index (Phi) is 8.02. The van der Waals surface area contributed by atoms with Gasteiger partial charge in [-0.25, -0.2) is 0 Å². The Morgan fingerprint density at radius 2 is 1.06 bits per heavy atom. The van der Waals surface area contributed by atoms with Crippen molar-refractivity contribution in [3.63, 3.8) is 0 Å². The van der Waals surface area contributed by atoms with Gasteiger partial charge in [0.25, 0.3) is 6.71 Å². The second-order valence-electron chi connectivity index (χ2n) is 23.5. The van der Waals surface area contributed by atoms with Crippen LogP contribution in [-0.4, -0.2) is 6.71 Å². The van der Waals surface area contributed by atoms with Gasteiger partial charge in [-0.15, -0.1) is 0 Å². The van der Waals surface area contributed by atoms with E-state index in [9.17, 15) is 0 Å². The Morgan fingerprint density at radius 1 is 0.492 bits per heavy atom. The van der Waals surface area contributed by atoms with Crippen LogP contribution in [0.3, 0.4) is 0 Å². The first kappa shape index (κ1) is 40.5. The molecule has 0 saturated heterocycles. The molecule has 8 aromatic rings. The third kappa shape index (κ3) is 5.43. The SMILES string of the molecule is Cc1cc2c3c(c1)N(c1cccc4oc5ccccc5c14)c1ccc(C(C)(C)C)cc1B3c1cc3c(cc1N2c1cc2c(cc1C)C(C)(C)c1ccccc1C2(C)C)C(C)(C)CC3(C)C. The molecule has 0 unspecified atom stereocenters. The van der Waals surface area contributed by atoms with Crippen molar-refractivity contribution in [3.8, 4) is 0 Å². The monoisotopic (exact) mass is 848 g/mol. The molecule has 0 saturated carbocycles. The molecule has 0 N–H and O–H groups in total.